The molecule has 1 amide bonds. The fraction of sp³-hybridized carbons (Fsp3) is 0.433. The average Bonchev–Trinajstić information content (AvgIpc) is 3.74. The smallest absolute Gasteiger partial charge is 0.319 e. The van der Waals surface area contributed by atoms with E-state index in [0.717, 1.165) is 10.9 Å². The van der Waals surface area contributed by atoms with E-state index in [9.17, 15) is 19.8 Å². The SMILES string of the molecule is CCC(NC(=O)C1(C(=O)O)CC1)c1ccc(Oc2ccnc3cc(OCCC(C)(O)CC)c(OC)cc23)cc1. The van der Waals surface area contributed by atoms with Gasteiger partial charge in [-0.2, -0.15) is 0 Å². The third kappa shape index (κ3) is 6.25. The molecule has 1 heterocycles. The lowest BCUT2D eigenvalue weighted by Gasteiger charge is -2.21. The Morgan fingerprint density at radius 2 is 1.82 bits per heavy atom. The molecule has 2 atom stereocenters. The van der Waals surface area contributed by atoms with Crippen molar-refractivity contribution in [3.05, 3.63) is 54.2 Å². The van der Waals surface area contributed by atoms with E-state index in [4.69, 9.17) is 14.2 Å². The van der Waals surface area contributed by atoms with Crippen LogP contribution in [0.2, 0.25) is 0 Å². The van der Waals surface area contributed by atoms with Gasteiger partial charge in [-0.15, -0.1) is 0 Å². The average molecular weight is 537 g/mol. The molecule has 1 fully saturated rings. The van der Waals surface area contributed by atoms with E-state index in [1.807, 2.05) is 44.2 Å². The van der Waals surface area contributed by atoms with Crippen molar-refractivity contribution in [3.8, 4) is 23.0 Å². The van der Waals surface area contributed by atoms with Crippen molar-refractivity contribution in [2.45, 2.75) is 64.5 Å². The molecule has 1 saturated carbocycles. The summed E-state index contributed by atoms with van der Waals surface area (Å²) in [5.41, 5.74) is -0.535. The summed E-state index contributed by atoms with van der Waals surface area (Å²) in [5, 5.41) is 23.3. The third-order valence-corrected chi connectivity index (χ3v) is 7.46. The molecule has 3 N–H and O–H groups in total. The number of carbonyl (C=O) groups excluding carboxylic acids is 1. The summed E-state index contributed by atoms with van der Waals surface area (Å²) in [4.78, 5) is 28.5. The molecule has 1 aliphatic carbocycles. The first-order valence-electron chi connectivity index (χ1n) is 13.3. The quantitative estimate of drug-likeness (QED) is 0.248. The van der Waals surface area contributed by atoms with Crippen LogP contribution < -0.4 is 19.5 Å². The van der Waals surface area contributed by atoms with Crippen LogP contribution >= 0.6 is 0 Å². The molecule has 4 rings (SSSR count). The highest BCUT2D eigenvalue weighted by atomic mass is 16.5. The van der Waals surface area contributed by atoms with Crippen LogP contribution in [0.15, 0.2) is 48.7 Å². The highest BCUT2D eigenvalue weighted by Gasteiger charge is 2.57. The van der Waals surface area contributed by atoms with Crippen LogP contribution in [-0.4, -0.2) is 46.4 Å². The third-order valence-electron chi connectivity index (χ3n) is 7.46. The normalized spacial score (nSPS) is 16.1. The van der Waals surface area contributed by atoms with Gasteiger partial charge in [0.15, 0.2) is 11.5 Å². The molecule has 0 saturated heterocycles. The number of benzene rings is 2. The Balaban J connectivity index is 1.49. The van der Waals surface area contributed by atoms with Crippen molar-refractivity contribution in [1.82, 2.24) is 10.3 Å². The fourth-order valence-electron chi connectivity index (χ4n) is 4.32. The van der Waals surface area contributed by atoms with Gasteiger partial charge < -0.3 is 29.7 Å². The van der Waals surface area contributed by atoms with Crippen LogP contribution in [0, 0.1) is 5.41 Å². The molecule has 2 aromatic carbocycles. The van der Waals surface area contributed by atoms with Gasteiger partial charge >= 0.3 is 5.97 Å². The molecule has 1 aliphatic rings. The molecule has 0 bridgehead atoms. The molecule has 2 unspecified atom stereocenters. The van der Waals surface area contributed by atoms with Crippen molar-refractivity contribution >= 4 is 22.8 Å². The first kappa shape index (κ1) is 28.2. The first-order chi connectivity index (χ1) is 18.6. The molecular formula is C30H36N2O7. The highest BCUT2D eigenvalue weighted by molar-refractivity contribution is 6.05. The Kier molecular flexibility index (Phi) is 8.30. The van der Waals surface area contributed by atoms with Gasteiger partial charge in [0.2, 0.25) is 5.91 Å². The molecular weight excluding hydrogens is 500 g/mol. The Bertz CT molecular complexity index is 1330. The molecule has 1 aromatic heterocycles. The van der Waals surface area contributed by atoms with E-state index >= 15 is 0 Å². The van der Waals surface area contributed by atoms with E-state index in [1.165, 1.54) is 0 Å². The van der Waals surface area contributed by atoms with Crippen LogP contribution in [-0.2, 0) is 9.59 Å². The molecule has 9 heteroatoms. The Labute approximate surface area is 228 Å². The van der Waals surface area contributed by atoms with Crippen molar-refractivity contribution in [1.29, 1.82) is 0 Å². The maximum atomic E-state index is 12.6. The van der Waals surface area contributed by atoms with E-state index in [1.54, 1.807) is 32.4 Å². The predicted octanol–water partition coefficient (Wildman–Crippen LogP) is 5.40. The van der Waals surface area contributed by atoms with Gasteiger partial charge in [0.05, 0.1) is 30.9 Å². The zero-order chi connectivity index (χ0) is 28.2. The lowest BCUT2D eigenvalue weighted by atomic mass is 10.0. The summed E-state index contributed by atoms with van der Waals surface area (Å²) in [6, 6.07) is 12.4. The maximum Gasteiger partial charge on any atom is 0.319 e. The van der Waals surface area contributed by atoms with E-state index < -0.39 is 22.9 Å². The second kappa shape index (κ2) is 11.5. The lowest BCUT2D eigenvalue weighted by molar-refractivity contribution is -0.149. The van der Waals surface area contributed by atoms with Crippen molar-refractivity contribution < 1.29 is 34.0 Å². The molecule has 3 aromatic rings. The van der Waals surface area contributed by atoms with Crippen LogP contribution in [0.25, 0.3) is 10.9 Å². The van der Waals surface area contributed by atoms with Gasteiger partial charge in [-0.3, -0.25) is 14.6 Å². The number of pyridine rings is 1. The molecule has 9 nitrogen and oxygen atoms in total. The zero-order valence-electron chi connectivity index (χ0n) is 22.8. The minimum absolute atomic E-state index is 0.297. The number of carboxylic acids is 1. The number of methoxy groups -OCH3 is 1. The van der Waals surface area contributed by atoms with Gasteiger partial charge in [-0.1, -0.05) is 26.0 Å². The molecule has 0 spiro atoms. The van der Waals surface area contributed by atoms with Crippen molar-refractivity contribution in [2.75, 3.05) is 13.7 Å². The van der Waals surface area contributed by atoms with Crippen LogP contribution in [0.1, 0.15) is 64.5 Å². The number of hydrogen-bond donors (Lipinski definition) is 3. The van der Waals surface area contributed by atoms with Crippen molar-refractivity contribution in [3.63, 3.8) is 0 Å². The second-order valence-corrected chi connectivity index (χ2v) is 10.3. The predicted molar refractivity (Wildman–Crippen MR) is 146 cm³/mol. The number of aromatic nitrogens is 1. The minimum atomic E-state index is -1.28. The number of fused-ring (bicyclic) bond motifs is 1. The Hall–Kier alpha value is -3.85. The topological polar surface area (TPSA) is 127 Å². The van der Waals surface area contributed by atoms with E-state index in [0.29, 0.717) is 67.2 Å². The van der Waals surface area contributed by atoms with Gasteiger partial charge in [-0.25, -0.2) is 0 Å². The number of rotatable bonds is 13. The number of hydrogen-bond acceptors (Lipinski definition) is 7. The highest BCUT2D eigenvalue weighted by Crippen LogP contribution is 2.46. The standard InChI is InChI=1S/C30H36N2O7/c1-5-22(32-27(33)30(12-13-30)28(34)35)19-7-9-20(10-8-19)39-24-11-15-31-23-18-26(25(37-4)17-21(23)24)38-16-14-29(3,36)6-2/h7-11,15,17-18,22,36H,5-6,12-14,16H2,1-4H3,(H,32,33)(H,34,35). The number of nitrogens with one attached hydrogen (secondary N) is 1. The van der Waals surface area contributed by atoms with Gasteiger partial charge in [-0.05, 0) is 62.4 Å². The minimum Gasteiger partial charge on any atom is -0.493 e. The number of ether oxygens (including phenoxy) is 3. The summed E-state index contributed by atoms with van der Waals surface area (Å²) < 4.78 is 17.7. The monoisotopic (exact) mass is 536 g/mol. The number of carbonyl (C=O) groups is 2. The second-order valence-electron chi connectivity index (χ2n) is 10.3. The van der Waals surface area contributed by atoms with Crippen LogP contribution in [0.4, 0.5) is 0 Å². The Morgan fingerprint density at radius 3 is 2.41 bits per heavy atom. The van der Waals surface area contributed by atoms with Gasteiger partial charge in [0, 0.05) is 24.1 Å². The number of carboxylic acid groups (broad SMARTS) is 1. The summed E-state index contributed by atoms with van der Waals surface area (Å²) in [6.07, 6.45) is 4.14. The van der Waals surface area contributed by atoms with E-state index in [2.05, 4.69) is 10.3 Å². The number of aliphatic hydroxyl groups is 1. The summed E-state index contributed by atoms with van der Waals surface area (Å²) in [7, 11) is 1.57. The van der Waals surface area contributed by atoms with Gasteiger partial charge in [0.1, 0.15) is 16.9 Å². The Morgan fingerprint density at radius 1 is 1.10 bits per heavy atom. The van der Waals surface area contributed by atoms with Crippen LogP contribution in [0.5, 0.6) is 23.0 Å². The first-order valence-corrected chi connectivity index (χ1v) is 13.3. The number of amides is 1. The van der Waals surface area contributed by atoms with E-state index in [-0.39, 0.29) is 6.04 Å². The summed E-state index contributed by atoms with van der Waals surface area (Å²) >= 11 is 0. The fourth-order valence-corrected chi connectivity index (χ4v) is 4.32. The molecule has 208 valence electrons. The number of aliphatic carboxylic acids is 1. The largest absolute Gasteiger partial charge is 0.493 e. The lowest BCUT2D eigenvalue weighted by Crippen LogP contribution is -2.39. The summed E-state index contributed by atoms with van der Waals surface area (Å²) in [5.74, 6) is 0.751. The zero-order valence-corrected chi connectivity index (χ0v) is 22.8. The van der Waals surface area contributed by atoms with Crippen molar-refractivity contribution in [2.24, 2.45) is 5.41 Å². The summed E-state index contributed by atoms with van der Waals surface area (Å²) in [6.45, 7) is 5.99. The number of nitrogens with zero attached hydrogens (tertiary/aromatic N) is 1. The molecule has 0 aliphatic heterocycles. The van der Waals surface area contributed by atoms with Gasteiger partial charge in [0.25, 0.3) is 0 Å². The molecule has 0 radical (unpaired) electrons. The maximum absolute atomic E-state index is 12.6. The molecule has 39 heavy (non-hydrogen) atoms. The van der Waals surface area contributed by atoms with Crippen LogP contribution in [0.3, 0.4) is 0 Å².